The number of methoxy groups -OCH3 is 1. The van der Waals surface area contributed by atoms with Gasteiger partial charge in [0, 0.05) is 25.2 Å². The zero-order valence-electron chi connectivity index (χ0n) is 16.3. The fraction of sp³-hybridized carbons (Fsp3) is 0.684. The van der Waals surface area contributed by atoms with Gasteiger partial charge < -0.3 is 9.47 Å². The summed E-state index contributed by atoms with van der Waals surface area (Å²) in [5, 5.41) is 0. The van der Waals surface area contributed by atoms with Gasteiger partial charge in [-0.15, -0.1) is 0 Å². The van der Waals surface area contributed by atoms with Gasteiger partial charge in [0.05, 0.1) is 19.8 Å². The molecule has 0 spiro atoms. The number of aryl methyl sites for hydroxylation is 1. The molecule has 1 aromatic carbocycles. The molecule has 2 saturated heterocycles. The summed E-state index contributed by atoms with van der Waals surface area (Å²) in [5.41, 5.74) is 2.07. The van der Waals surface area contributed by atoms with Crippen LogP contribution in [0.15, 0.2) is 17.0 Å². The van der Waals surface area contributed by atoms with Crippen molar-refractivity contribution < 1.29 is 17.9 Å². The Labute approximate surface area is 156 Å². The van der Waals surface area contributed by atoms with Gasteiger partial charge in [0.1, 0.15) is 10.6 Å². The lowest BCUT2D eigenvalue weighted by Gasteiger charge is -2.33. The van der Waals surface area contributed by atoms with Crippen LogP contribution in [0.1, 0.15) is 44.2 Å². The minimum atomic E-state index is -3.66. The van der Waals surface area contributed by atoms with E-state index < -0.39 is 10.0 Å². The number of nitrogens with zero attached hydrogens (tertiary/aromatic N) is 1. The molecule has 7 heteroatoms. The number of sulfonamides is 1. The second-order valence-electron chi connectivity index (χ2n) is 7.82. The van der Waals surface area contributed by atoms with Gasteiger partial charge in [-0.3, -0.25) is 4.90 Å². The van der Waals surface area contributed by atoms with Crippen molar-refractivity contribution in [1.82, 2.24) is 9.62 Å². The smallest absolute Gasteiger partial charge is 0.244 e. The number of morpholine rings is 1. The summed E-state index contributed by atoms with van der Waals surface area (Å²) in [4.78, 5) is 2.55. The molecule has 146 valence electrons. The van der Waals surface area contributed by atoms with Crippen molar-refractivity contribution >= 4 is 10.0 Å². The van der Waals surface area contributed by atoms with Gasteiger partial charge in [0.15, 0.2) is 0 Å². The molecule has 1 N–H and O–H groups in total. The first-order valence-corrected chi connectivity index (χ1v) is 10.8. The molecule has 0 bridgehead atoms. The van der Waals surface area contributed by atoms with Crippen LogP contribution in [0.3, 0.4) is 0 Å². The van der Waals surface area contributed by atoms with E-state index in [0.29, 0.717) is 18.4 Å². The lowest BCUT2D eigenvalue weighted by molar-refractivity contribution is -0.0390. The Hall–Kier alpha value is -1.15. The topological polar surface area (TPSA) is 67.9 Å². The van der Waals surface area contributed by atoms with Gasteiger partial charge in [0.25, 0.3) is 0 Å². The summed E-state index contributed by atoms with van der Waals surface area (Å²) in [6.45, 7) is 10.4. The van der Waals surface area contributed by atoms with Crippen molar-refractivity contribution in [3.8, 4) is 5.75 Å². The Kier molecular flexibility index (Phi) is 5.63. The minimum absolute atomic E-state index is 0.104. The number of hydrogen-bond donors (Lipinski definition) is 1. The Bertz CT molecular complexity index is 763. The Morgan fingerprint density at radius 2 is 2.04 bits per heavy atom. The third kappa shape index (κ3) is 3.91. The Morgan fingerprint density at radius 3 is 2.69 bits per heavy atom. The van der Waals surface area contributed by atoms with Crippen LogP contribution >= 0.6 is 0 Å². The van der Waals surface area contributed by atoms with Crippen LogP contribution in [0.25, 0.3) is 0 Å². The lowest BCUT2D eigenvalue weighted by atomic mass is 9.98. The summed E-state index contributed by atoms with van der Waals surface area (Å²) >= 11 is 0. The predicted octanol–water partition coefficient (Wildman–Crippen LogP) is 2.27. The molecule has 2 heterocycles. The molecule has 2 fully saturated rings. The van der Waals surface area contributed by atoms with E-state index >= 15 is 0 Å². The average Bonchev–Trinajstić information content (AvgIpc) is 2.94. The zero-order valence-corrected chi connectivity index (χ0v) is 17.1. The predicted molar refractivity (Wildman–Crippen MR) is 101 cm³/mol. The van der Waals surface area contributed by atoms with E-state index in [9.17, 15) is 8.42 Å². The molecule has 0 unspecified atom stereocenters. The Balaban J connectivity index is 1.83. The molecule has 0 amide bonds. The minimum Gasteiger partial charge on any atom is -0.495 e. The lowest BCUT2D eigenvalue weighted by Crippen LogP contribution is -2.45. The molecule has 26 heavy (non-hydrogen) atoms. The van der Waals surface area contributed by atoms with Crippen LogP contribution < -0.4 is 9.46 Å². The van der Waals surface area contributed by atoms with Crippen LogP contribution in [0.4, 0.5) is 0 Å². The average molecular weight is 383 g/mol. The third-order valence-electron chi connectivity index (χ3n) is 5.38. The van der Waals surface area contributed by atoms with Crippen LogP contribution in [-0.4, -0.2) is 58.3 Å². The standard InChI is InChI=1S/C19H30N2O4S/c1-12(2)17-8-19(18(24-5)6-13(17)3)26(22,23)20-15-7-16-11-25-14(4)9-21(16)10-15/h6,8,12,14-16,20H,7,9-11H2,1-5H3/t14-,15-,16-/m0/s1. The quantitative estimate of drug-likeness (QED) is 0.846. The highest BCUT2D eigenvalue weighted by atomic mass is 32.2. The fourth-order valence-electron chi connectivity index (χ4n) is 4.08. The van der Waals surface area contributed by atoms with Crippen LogP contribution in [0, 0.1) is 6.92 Å². The van der Waals surface area contributed by atoms with E-state index in [4.69, 9.17) is 9.47 Å². The number of hydrogen-bond acceptors (Lipinski definition) is 5. The van der Waals surface area contributed by atoms with Crippen LogP contribution in [0.5, 0.6) is 5.75 Å². The maximum Gasteiger partial charge on any atom is 0.244 e. The van der Waals surface area contributed by atoms with E-state index in [0.717, 1.165) is 30.6 Å². The number of benzene rings is 1. The van der Waals surface area contributed by atoms with Crippen molar-refractivity contribution in [3.05, 3.63) is 23.3 Å². The third-order valence-corrected chi connectivity index (χ3v) is 6.92. The largest absolute Gasteiger partial charge is 0.495 e. The van der Waals surface area contributed by atoms with Crippen molar-refractivity contribution in [3.63, 3.8) is 0 Å². The van der Waals surface area contributed by atoms with Crippen molar-refractivity contribution in [2.45, 2.75) is 63.1 Å². The first kappa shape index (κ1) is 19.6. The van der Waals surface area contributed by atoms with Crippen molar-refractivity contribution in [2.24, 2.45) is 0 Å². The number of nitrogens with one attached hydrogen (secondary N) is 1. The van der Waals surface area contributed by atoms with Crippen molar-refractivity contribution in [1.29, 1.82) is 0 Å². The second kappa shape index (κ2) is 7.46. The highest BCUT2D eigenvalue weighted by molar-refractivity contribution is 7.89. The molecule has 0 saturated carbocycles. The zero-order chi connectivity index (χ0) is 19.1. The van der Waals surface area contributed by atoms with E-state index in [-0.39, 0.29) is 23.0 Å². The molecule has 2 aliphatic rings. The summed E-state index contributed by atoms with van der Waals surface area (Å²) < 4.78 is 40.1. The normalized spacial score (nSPS) is 26.9. The van der Waals surface area contributed by atoms with E-state index in [1.165, 1.54) is 7.11 Å². The van der Waals surface area contributed by atoms with E-state index in [1.807, 2.05) is 13.0 Å². The molecule has 6 nitrogen and oxygen atoms in total. The van der Waals surface area contributed by atoms with Crippen LogP contribution in [0.2, 0.25) is 0 Å². The summed E-state index contributed by atoms with van der Waals surface area (Å²) in [6.07, 6.45) is 0.976. The van der Waals surface area contributed by atoms with E-state index in [1.54, 1.807) is 6.07 Å². The monoisotopic (exact) mass is 382 g/mol. The SMILES string of the molecule is COc1cc(C)c(C(C)C)cc1S(=O)(=O)N[C@H]1C[C@H]2CO[C@@H](C)CN2C1. The van der Waals surface area contributed by atoms with Gasteiger partial charge in [-0.1, -0.05) is 13.8 Å². The highest BCUT2D eigenvalue weighted by Gasteiger charge is 2.38. The highest BCUT2D eigenvalue weighted by Crippen LogP contribution is 2.32. The van der Waals surface area contributed by atoms with Gasteiger partial charge in [-0.05, 0) is 49.4 Å². The Morgan fingerprint density at radius 1 is 1.31 bits per heavy atom. The van der Waals surface area contributed by atoms with Gasteiger partial charge in [-0.2, -0.15) is 0 Å². The first-order chi connectivity index (χ1) is 12.2. The molecule has 2 aliphatic heterocycles. The second-order valence-corrected chi connectivity index (χ2v) is 9.50. The van der Waals surface area contributed by atoms with Gasteiger partial charge >= 0.3 is 0 Å². The molecular weight excluding hydrogens is 352 g/mol. The number of rotatable bonds is 5. The molecule has 0 aliphatic carbocycles. The van der Waals surface area contributed by atoms with Gasteiger partial charge in [0.2, 0.25) is 10.0 Å². The summed E-state index contributed by atoms with van der Waals surface area (Å²) in [7, 11) is -2.15. The summed E-state index contributed by atoms with van der Waals surface area (Å²) in [6, 6.07) is 3.77. The molecule has 3 atom stereocenters. The molecule has 0 radical (unpaired) electrons. The van der Waals surface area contributed by atoms with Crippen LogP contribution in [-0.2, 0) is 14.8 Å². The summed E-state index contributed by atoms with van der Waals surface area (Å²) in [5.74, 6) is 0.640. The molecule has 1 aromatic rings. The van der Waals surface area contributed by atoms with Crippen molar-refractivity contribution in [2.75, 3.05) is 26.8 Å². The fourth-order valence-corrected chi connectivity index (χ4v) is 5.50. The van der Waals surface area contributed by atoms with Gasteiger partial charge in [-0.25, -0.2) is 13.1 Å². The number of fused-ring (bicyclic) bond motifs is 1. The molecule has 3 rings (SSSR count). The number of ether oxygens (including phenoxy) is 2. The molecule has 0 aromatic heterocycles. The first-order valence-electron chi connectivity index (χ1n) is 9.27. The van der Waals surface area contributed by atoms with E-state index in [2.05, 4.69) is 30.4 Å². The maximum atomic E-state index is 13.1. The maximum absolute atomic E-state index is 13.1. The molecular formula is C19H30N2O4S.